The second kappa shape index (κ2) is 9.03. The summed E-state index contributed by atoms with van der Waals surface area (Å²) in [6.45, 7) is 6.96. The van der Waals surface area contributed by atoms with E-state index < -0.39 is 0 Å². The fourth-order valence-electron chi connectivity index (χ4n) is 4.23. The zero-order valence-corrected chi connectivity index (χ0v) is 16.8. The Morgan fingerprint density at radius 3 is 2.56 bits per heavy atom. The van der Waals surface area contributed by atoms with E-state index in [1.807, 2.05) is 24.4 Å². The molecule has 2 N–H and O–H groups in total. The number of halogens is 1. The third kappa shape index (κ3) is 5.20. The average molecular weight is 374 g/mol. The largest absolute Gasteiger partial charge is 0.390 e. The summed E-state index contributed by atoms with van der Waals surface area (Å²) in [5.41, 5.74) is 1.72. The van der Waals surface area contributed by atoms with Crippen molar-refractivity contribution in [3.8, 4) is 0 Å². The van der Waals surface area contributed by atoms with Gasteiger partial charge in [-0.25, -0.2) is 4.39 Å². The molecule has 0 saturated heterocycles. The van der Waals surface area contributed by atoms with Gasteiger partial charge in [-0.3, -0.25) is 0 Å². The van der Waals surface area contributed by atoms with Gasteiger partial charge in [-0.05, 0) is 44.9 Å². The summed E-state index contributed by atoms with van der Waals surface area (Å²) in [4.78, 5) is 1.42. The van der Waals surface area contributed by atoms with Crippen LogP contribution in [0.25, 0.3) is 0 Å². The minimum absolute atomic E-state index is 0.153. The highest BCUT2D eigenvalue weighted by atomic mass is 19.1. The summed E-state index contributed by atoms with van der Waals surface area (Å²) in [5, 5.41) is 9.99. The summed E-state index contributed by atoms with van der Waals surface area (Å²) in [6, 6.07) is 11.2. The van der Waals surface area contributed by atoms with E-state index in [9.17, 15) is 9.50 Å². The van der Waals surface area contributed by atoms with E-state index in [1.165, 1.54) is 48.8 Å². The second-order valence-electron chi connectivity index (χ2n) is 8.75. The number of aliphatic hydroxyl groups excluding tert-OH is 1. The molecule has 3 rings (SSSR count). The Kier molecular flexibility index (Phi) is 6.72. The Morgan fingerprint density at radius 1 is 1.11 bits per heavy atom. The van der Waals surface area contributed by atoms with Gasteiger partial charge < -0.3 is 14.6 Å². The van der Waals surface area contributed by atoms with Crippen molar-refractivity contribution in [2.24, 2.45) is 5.92 Å². The van der Waals surface area contributed by atoms with Crippen LogP contribution in [0.1, 0.15) is 57.2 Å². The SMILES string of the molecule is CC(C)(CO)[NH+](Cc1cccn1Cc1ccccc1F)CC1CCCCC1. The molecule has 3 nitrogen and oxygen atoms in total. The molecule has 1 aliphatic rings. The molecule has 0 spiro atoms. The number of hydrogen-bond acceptors (Lipinski definition) is 1. The number of rotatable bonds is 8. The molecule has 0 aliphatic heterocycles. The molecule has 1 aromatic carbocycles. The Balaban J connectivity index is 1.75. The minimum Gasteiger partial charge on any atom is -0.390 e. The quantitative estimate of drug-likeness (QED) is 0.730. The highest BCUT2D eigenvalue weighted by Gasteiger charge is 2.33. The van der Waals surface area contributed by atoms with E-state index in [0.29, 0.717) is 12.1 Å². The monoisotopic (exact) mass is 373 g/mol. The molecular weight excluding hydrogens is 339 g/mol. The predicted molar refractivity (Wildman–Crippen MR) is 107 cm³/mol. The fourth-order valence-corrected chi connectivity index (χ4v) is 4.23. The van der Waals surface area contributed by atoms with E-state index >= 15 is 0 Å². The van der Waals surface area contributed by atoms with E-state index in [-0.39, 0.29) is 18.0 Å². The molecule has 27 heavy (non-hydrogen) atoms. The maximum absolute atomic E-state index is 14.1. The standard InChI is InChI=1S/C23H33FN2O/c1-23(2,18-27)26(15-19-9-4-3-5-10-19)17-21-12-8-14-25(21)16-20-11-6-7-13-22(20)24/h6-8,11-14,19,27H,3-5,9-10,15-18H2,1-2H3/p+1. The van der Waals surface area contributed by atoms with Crippen LogP contribution in [0.3, 0.4) is 0 Å². The average Bonchev–Trinajstić information content (AvgIpc) is 3.11. The smallest absolute Gasteiger partial charge is 0.128 e. The molecule has 4 heteroatoms. The van der Waals surface area contributed by atoms with Crippen LogP contribution in [-0.2, 0) is 13.1 Å². The molecule has 1 fully saturated rings. The van der Waals surface area contributed by atoms with Crippen molar-refractivity contribution < 1.29 is 14.4 Å². The number of nitrogens with zero attached hydrogens (tertiary/aromatic N) is 1. The Morgan fingerprint density at radius 2 is 1.85 bits per heavy atom. The van der Waals surface area contributed by atoms with Crippen molar-refractivity contribution in [2.45, 2.75) is 64.6 Å². The minimum atomic E-state index is -0.190. The van der Waals surface area contributed by atoms with Crippen molar-refractivity contribution in [3.05, 3.63) is 59.7 Å². The van der Waals surface area contributed by atoms with Crippen LogP contribution >= 0.6 is 0 Å². The maximum Gasteiger partial charge on any atom is 0.128 e. The lowest BCUT2D eigenvalue weighted by Crippen LogP contribution is -3.19. The normalized spacial score (nSPS) is 17.2. The molecule has 0 bridgehead atoms. The van der Waals surface area contributed by atoms with Gasteiger partial charge in [-0.1, -0.05) is 37.5 Å². The summed E-state index contributed by atoms with van der Waals surface area (Å²) in [6.07, 6.45) is 8.68. The van der Waals surface area contributed by atoms with E-state index in [2.05, 4.69) is 24.5 Å². The van der Waals surface area contributed by atoms with Gasteiger partial charge >= 0.3 is 0 Å². The molecule has 1 aromatic heterocycles. The van der Waals surface area contributed by atoms with Gasteiger partial charge in [0.25, 0.3) is 0 Å². The zero-order chi connectivity index (χ0) is 19.3. The Labute approximate surface area is 162 Å². The molecule has 1 atom stereocenters. The molecule has 1 aliphatic carbocycles. The van der Waals surface area contributed by atoms with Crippen LogP contribution in [0, 0.1) is 11.7 Å². The first-order chi connectivity index (χ1) is 13.0. The number of nitrogens with one attached hydrogen (secondary N) is 1. The van der Waals surface area contributed by atoms with Gasteiger partial charge in [0.05, 0.1) is 25.4 Å². The van der Waals surface area contributed by atoms with Crippen LogP contribution in [0.5, 0.6) is 0 Å². The predicted octanol–water partition coefficient (Wildman–Crippen LogP) is 3.41. The topological polar surface area (TPSA) is 29.6 Å². The summed E-state index contributed by atoms with van der Waals surface area (Å²) >= 11 is 0. The van der Waals surface area contributed by atoms with Crippen LogP contribution in [0.2, 0.25) is 0 Å². The molecule has 1 heterocycles. The fraction of sp³-hybridized carbons (Fsp3) is 0.565. The Hall–Kier alpha value is -1.65. The van der Waals surface area contributed by atoms with E-state index in [0.717, 1.165) is 19.0 Å². The van der Waals surface area contributed by atoms with Gasteiger partial charge in [-0.2, -0.15) is 0 Å². The van der Waals surface area contributed by atoms with Crippen molar-refractivity contribution in [1.29, 1.82) is 0 Å². The first-order valence-electron chi connectivity index (χ1n) is 10.3. The van der Waals surface area contributed by atoms with Crippen molar-refractivity contribution in [3.63, 3.8) is 0 Å². The first-order valence-corrected chi connectivity index (χ1v) is 10.3. The Bertz CT molecular complexity index is 719. The van der Waals surface area contributed by atoms with Gasteiger partial charge in [0.2, 0.25) is 0 Å². The van der Waals surface area contributed by atoms with Crippen molar-refractivity contribution >= 4 is 0 Å². The van der Waals surface area contributed by atoms with Crippen molar-refractivity contribution in [2.75, 3.05) is 13.2 Å². The van der Waals surface area contributed by atoms with Gasteiger partial charge in [0, 0.05) is 17.7 Å². The van der Waals surface area contributed by atoms with E-state index in [1.54, 1.807) is 6.07 Å². The van der Waals surface area contributed by atoms with Gasteiger partial charge in [0.1, 0.15) is 17.9 Å². The maximum atomic E-state index is 14.1. The van der Waals surface area contributed by atoms with Crippen LogP contribution < -0.4 is 4.90 Å². The number of benzene rings is 1. The van der Waals surface area contributed by atoms with Gasteiger partial charge in [0.15, 0.2) is 0 Å². The lowest BCUT2D eigenvalue weighted by molar-refractivity contribution is -0.965. The third-order valence-electron chi connectivity index (χ3n) is 6.23. The number of aromatic nitrogens is 1. The number of hydrogen-bond donors (Lipinski definition) is 2. The second-order valence-corrected chi connectivity index (χ2v) is 8.75. The highest BCUT2D eigenvalue weighted by molar-refractivity contribution is 5.19. The van der Waals surface area contributed by atoms with Gasteiger partial charge in [-0.15, -0.1) is 0 Å². The molecule has 1 saturated carbocycles. The summed E-state index contributed by atoms with van der Waals surface area (Å²) in [7, 11) is 0. The molecule has 1 unspecified atom stereocenters. The van der Waals surface area contributed by atoms with Crippen LogP contribution in [0.15, 0.2) is 42.6 Å². The molecule has 0 amide bonds. The lowest BCUT2D eigenvalue weighted by Gasteiger charge is -2.37. The third-order valence-corrected chi connectivity index (χ3v) is 6.23. The first kappa shape index (κ1) is 20.1. The highest BCUT2D eigenvalue weighted by Crippen LogP contribution is 2.22. The van der Waals surface area contributed by atoms with E-state index in [4.69, 9.17) is 0 Å². The molecule has 0 radical (unpaired) electrons. The molecular formula is C23H34FN2O+. The lowest BCUT2D eigenvalue weighted by atomic mass is 9.87. The molecule has 2 aromatic rings. The summed E-state index contributed by atoms with van der Waals surface area (Å²) in [5.74, 6) is 0.591. The molecule has 148 valence electrons. The summed E-state index contributed by atoms with van der Waals surface area (Å²) < 4.78 is 16.2. The van der Waals surface area contributed by atoms with Crippen LogP contribution in [-0.4, -0.2) is 28.4 Å². The number of aliphatic hydroxyl groups is 1. The van der Waals surface area contributed by atoms with Crippen molar-refractivity contribution in [1.82, 2.24) is 4.57 Å². The van der Waals surface area contributed by atoms with Crippen LogP contribution in [0.4, 0.5) is 4.39 Å². The number of quaternary nitrogens is 1. The zero-order valence-electron chi connectivity index (χ0n) is 16.8.